The Balaban J connectivity index is 1.10. The van der Waals surface area contributed by atoms with Gasteiger partial charge in [0, 0.05) is 40.3 Å². The average Bonchev–Trinajstić information content (AvgIpc) is 3.81. The van der Waals surface area contributed by atoms with Crippen molar-refractivity contribution < 1.29 is 0 Å². The van der Waals surface area contributed by atoms with E-state index in [0.717, 1.165) is 0 Å². The molecule has 0 atom stereocenters. The van der Waals surface area contributed by atoms with Gasteiger partial charge in [-0.2, -0.15) is 0 Å². The number of hydrogen-bond acceptors (Lipinski definition) is 2. The van der Waals surface area contributed by atoms with E-state index in [9.17, 15) is 0 Å². The monoisotopic (exact) mass is 718 g/mol. The molecule has 0 spiro atoms. The third-order valence-corrected chi connectivity index (χ3v) is 13.7. The summed E-state index contributed by atoms with van der Waals surface area (Å²) in [5, 5.41) is 15.7. The van der Waals surface area contributed by atoms with Crippen LogP contribution < -0.4 is 0 Å². The molecule has 0 N–H and O–H groups in total. The zero-order valence-corrected chi connectivity index (χ0v) is 30.8. The van der Waals surface area contributed by atoms with Crippen LogP contribution in [0.15, 0.2) is 182 Å². The molecule has 0 aliphatic carbocycles. The molecule has 0 aliphatic heterocycles. The van der Waals surface area contributed by atoms with Crippen LogP contribution in [0.4, 0.5) is 0 Å². The Hall–Kier alpha value is -6.32. The van der Waals surface area contributed by atoms with E-state index in [1.54, 1.807) is 0 Å². The molecule has 0 saturated carbocycles. The van der Waals surface area contributed by atoms with Crippen LogP contribution in [0, 0.1) is 0 Å². The fraction of sp³-hybridized carbons (Fsp3) is 0. The van der Waals surface area contributed by atoms with Crippen LogP contribution in [0.1, 0.15) is 0 Å². The second kappa shape index (κ2) is 11.6. The Morgan fingerprint density at radius 1 is 0.278 bits per heavy atom. The minimum absolute atomic E-state index is 1.23. The van der Waals surface area contributed by atoms with Crippen LogP contribution >= 0.6 is 22.7 Å². The molecule has 10 aromatic carbocycles. The normalized spacial score (nSPS) is 12.1. The number of thiophene rings is 2. The maximum absolute atomic E-state index is 2.46. The lowest BCUT2D eigenvalue weighted by molar-refractivity contribution is 1.64. The van der Waals surface area contributed by atoms with Gasteiger partial charge in [0.25, 0.3) is 0 Å². The maximum atomic E-state index is 2.46. The van der Waals surface area contributed by atoms with Crippen LogP contribution in [0.2, 0.25) is 0 Å². The van der Waals surface area contributed by atoms with Crippen molar-refractivity contribution in [1.82, 2.24) is 0 Å². The number of fused-ring (bicyclic) bond motifs is 12. The molecule has 0 unspecified atom stereocenters. The first kappa shape index (κ1) is 30.2. The Kier molecular flexibility index (Phi) is 6.48. The van der Waals surface area contributed by atoms with Crippen LogP contribution in [0.5, 0.6) is 0 Å². The van der Waals surface area contributed by atoms with Gasteiger partial charge in [0.15, 0.2) is 0 Å². The smallest absolute Gasteiger partial charge is 0.0448 e. The van der Waals surface area contributed by atoms with Crippen molar-refractivity contribution in [2.75, 3.05) is 0 Å². The van der Waals surface area contributed by atoms with Crippen LogP contribution in [-0.4, -0.2) is 0 Å². The first-order chi connectivity index (χ1) is 26.8. The average molecular weight is 719 g/mol. The number of hydrogen-bond donors (Lipinski definition) is 0. The summed E-state index contributed by atoms with van der Waals surface area (Å²) in [6.07, 6.45) is 0. The van der Waals surface area contributed by atoms with Gasteiger partial charge in [0.1, 0.15) is 0 Å². The van der Waals surface area contributed by atoms with Crippen LogP contribution in [0.3, 0.4) is 0 Å². The summed E-state index contributed by atoms with van der Waals surface area (Å²) in [4.78, 5) is 0. The molecule has 0 amide bonds. The van der Waals surface area contributed by atoms with Gasteiger partial charge in [0.2, 0.25) is 0 Å². The molecule has 12 rings (SSSR count). The van der Waals surface area contributed by atoms with E-state index < -0.39 is 0 Å². The lowest BCUT2D eigenvalue weighted by atomic mass is 9.85. The van der Waals surface area contributed by atoms with Crippen LogP contribution in [0.25, 0.3) is 117 Å². The first-order valence-electron chi connectivity index (χ1n) is 18.5. The van der Waals surface area contributed by atoms with Crippen molar-refractivity contribution in [2.24, 2.45) is 0 Å². The summed E-state index contributed by atoms with van der Waals surface area (Å²) < 4.78 is 5.43. The molecule has 0 aliphatic rings. The van der Waals surface area contributed by atoms with E-state index in [-0.39, 0.29) is 0 Å². The second-order valence-electron chi connectivity index (χ2n) is 14.3. The van der Waals surface area contributed by atoms with Gasteiger partial charge in [-0.05, 0) is 107 Å². The van der Waals surface area contributed by atoms with Crippen molar-refractivity contribution in [3.05, 3.63) is 182 Å². The van der Waals surface area contributed by atoms with E-state index in [1.165, 1.54) is 117 Å². The molecular formula is C52H30S2. The Morgan fingerprint density at radius 3 is 1.61 bits per heavy atom. The lowest BCUT2D eigenvalue weighted by Crippen LogP contribution is -1.91. The lowest BCUT2D eigenvalue weighted by Gasteiger charge is -2.18. The molecule has 0 saturated heterocycles. The second-order valence-corrected chi connectivity index (χ2v) is 16.5. The van der Waals surface area contributed by atoms with Crippen molar-refractivity contribution in [1.29, 1.82) is 0 Å². The number of benzene rings is 10. The zero-order chi connectivity index (χ0) is 35.3. The van der Waals surface area contributed by atoms with Crippen LogP contribution in [-0.2, 0) is 0 Å². The molecule has 2 aromatic heterocycles. The minimum Gasteiger partial charge on any atom is -0.135 e. The first-order valence-corrected chi connectivity index (χ1v) is 20.1. The van der Waals surface area contributed by atoms with Crippen molar-refractivity contribution >= 4 is 106 Å². The fourth-order valence-corrected chi connectivity index (χ4v) is 11.6. The fourth-order valence-electron chi connectivity index (χ4n) is 9.08. The van der Waals surface area contributed by atoms with E-state index in [4.69, 9.17) is 0 Å². The summed E-state index contributed by atoms with van der Waals surface area (Å²) in [7, 11) is 0. The summed E-state index contributed by atoms with van der Waals surface area (Å²) in [5.74, 6) is 0. The standard InChI is InChI=1S/C52H30S2/c1-2-13-32-28-35(25-24-31(32)12-1)49-41-21-7-5-19-39(41)48(40-20-6-8-22-42(40)49)34-15-11-14-33(29-34)44-30-47-50(38-18-4-3-16-36(38)44)51-46(53-47)27-26-43-37-17-9-10-23-45(37)54-52(43)51/h1-30H. The molecule has 0 bridgehead atoms. The van der Waals surface area contributed by atoms with Gasteiger partial charge in [-0.25, -0.2) is 0 Å². The largest absolute Gasteiger partial charge is 0.135 e. The van der Waals surface area contributed by atoms with Gasteiger partial charge in [0.05, 0.1) is 0 Å². The van der Waals surface area contributed by atoms with E-state index >= 15 is 0 Å². The van der Waals surface area contributed by atoms with Crippen molar-refractivity contribution in [2.45, 2.75) is 0 Å². The van der Waals surface area contributed by atoms with Gasteiger partial charge in [-0.3, -0.25) is 0 Å². The molecule has 0 radical (unpaired) electrons. The summed E-state index contributed by atoms with van der Waals surface area (Å²) in [5.41, 5.74) is 7.57. The topological polar surface area (TPSA) is 0 Å². The third kappa shape index (κ3) is 4.36. The third-order valence-electron chi connectivity index (χ3n) is 11.4. The Bertz CT molecular complexity index is 3450. The maximum Gasteiger partial charge on any atom is 0.0448 e. The Labute approximate surface area is 319 Å². The molecule has 54 heavy (non-hydrogen) atoms. The van der Waals surface area contributed by atoms with Crippen molar-refractivity contribution in [3.63, 3.8) is 0 Å². The summed E-state index contributed by atoms with van der Waals surface area (Å²) in [6, 6.07) is 67.8. The van der Waals surface area contributed by atoms with E-state index in [2.05, 4.69) is 182 Å². The molecule has 12 aromatic rings. The van der Waals surface area contributed by atoms with E-state index in [0.29, 0.717) is 0 Å². The highest BCUT2D eigenvalue weighted by Gasteiger charge is 2.20. The summed E-state index contributed by atoms with van der Waals surface area (Å²) >= 11 is 3.85. The van der Waals surface area contributed by atoms with Crippen molar-refractivity contribution in [3.8, 4) is 33.4 Å². The highest BCUT2D eigenvalue weighted by Crippen LogP contribution is 2.49. The molecule has 2 heterocycles. The van der Waals surface area contributed by atoms with Gasteiger partial charge >= 0.3 is 0 Å². The Morgan fingerprint density at radius 2 is 0.870 bits per heavy atom. The summed E-state index contributed by atoms with van der Waals surface area (Å²) in [6.45, 7) is 0. The predicted octanol–water partition coefficient (Wildman–Crippen LogP) is 16.0. The molecule has 0 nitrogen and oxygen atoms in total. The van der Waals surface area contributed by atoms with E-state index in [1.807, 2.05) is 22.7 Å². The quantitative estimate of drug-likeness (QED) is 0.160. The highest BCUT2D eigenvalue weighted by atomic mass is 32.1. The van der Waals surface area contributed by atoms with Gasteiger partial charge in [-0.15, -0.1) is 22.7 Å². The molecule has 250 valence electrons. The van der Waals surface area contributed by atoms with Gasteiger partial charge in [-0.1, -0.05) is 152 Å². The molecule has 0 fully saturated rings. The highest BCUT2D eigenvalue weighted by molar-refractivity contribution is 7.30. The zero-order valence-electron chi connectivity index (χ0n) is 29.1. The SMILES string of the molecule is c1cc(-c2c3ccccc3c(-c3ccc4ccccc4c3)c3ccccc23)cc(-c2cc3sc4ccc5c6ccccc6sc5c4c3c3ccccc23)c1. The number of rotatable bonds is 3. The minimum atomic E-state index is 1.23. The predicted molar refractivity (Wildman–Crippen MR) is 239 cm³/mol. The molecule has 2 heteroatoms. The van der Waals surface area contributed by atoms with Gasteiger partial charge < -0.3 is 0 Å². The molecular weight excluding hydrogens is 689 g/mol.